The van der Waals surface area contributed by atoms with Gasteiger partial charge in [0.15, 0.2) is 5.76 Å². The van der Waals surface area contributed by atoms with Gasteiger partial charge < -0.3 is 15.1 Å². The van der Waals surface area contributed by atoms with E-state index < -0.39 is 6.03 Å². The molecule has 3 amide bonds. The summed E-state index contributed by atoms with van der Waals surface area (Å²) in [5.41, 5.74) is 11.5. The lowest BCUT2D eigenvalue weighted by Gasteiger charge is -2.29. The molecule has 3 rings (SSSR count). The number of hydrogen-bond acceptors (Lipinski definition) is 4. The zero-order valence-corrected chi connectivity index (χ0v) is 17.6. The summed E-state index contributed by atoms with van der Waals surface area (Å²) >= 11 is 0. The van der Waals surface area contributed by atoms with Crippen molar-refractivity contribution in [3.8, 4) is 0 Å². The Bertz CT molecular complexity index is 988. The van der Waals surface area contributed by atoms with Crippen molar-refractivity contribution < 1.29 is 14.0 Å². The van der Waals surface area contributed by atoms with Crippen molar-refractivity contribution in [3.05, 3.63) is 52.5 Å². The summed E-state index contributed by atoms with van der Waals surface area (Å²) in [6.45, 7) is 10.5. The Morgan fingerprint density at radius 1 is 1.28 bits per heavy atom. The molecule has 2 aromatic rings. The van der Waals surface area contributed by atoms with Crippen LogP contribution >= 0.6 is 0 Å². The fourth-order valence-corrected chi connectivity index (χ4v) is 3.90. The van der Waals surface area contributed by atoms with Gasteiger partial charge in [-0.05, 0) is 50.3 Å². The van der Waals surface area contributed by atoms with Crippen molar-refractivity contribution in [2.75, 3.05) is 11.4 Å². The fourth-order valence-electron chi connectivity index (χ4n) is 3.90. The predicted molar refractivity (Wildman–Crippen MR) is 113 cm³/mol. The van der Waals surface area contributed by atoms with Crippen LogP contribution in [0.3, 0.4) is 0 Å². The minimum Gasteiger partial charge on any atom is -0.455 e. The summed E-state index contributed by atoms with van der Waals surface area (Å²) in [6.07, 6.45) is 1.33. The molecule has 0 saturated carbocycles. The SMILES string of the molecule is CCN(C(=O)c1oc2c(c1C)/C(=N\NC(N)=O)CC(C)(C)C2)c1cccc(C)c1. The zero-order valence-electron chi connectivity index (χ0n) is 17.6. The number of fused-ring (bicyclic) bond motifs is 1. The fraction of sp³-hybridized carbons (Fsp3) is 0.409. The van der Waals surface area contributed by atoms with Gasteiger partial charge in [0.2, 0.25) is 0 Å². The van der Waals surface area contributed by atoms with Crippen LogP contribution in [0, 0.1) is 19.3 Å². The Balaban J connectivity index is 2.05. The van der Waals surface area contributed by atoms with Crippen molar-refractivity contribution in [1.29, 1.82) is 0 Å². The number of nitrogens with zero attached hydrogens (tertiary/aromatic N) is 2. The highest BCUT2D eigenvalue weighted by Gasteiger charge is 2.37. The van der Waals surface area contributed by atoms with Gasteiger partial charge in [-0.25, -0.2) is 10.2 Å². The number of nitrogens with one attached hydrogen (secondary N) is 1. The highest BCUT2D eigenvalue weighted by molar-refractivity contribution is 6.10. The Kier molecular flexibility index (Phi) is 5.50. The van der Waals surface area contributed by atoms with E-state index in [1.807, 2.05) is 45.0 Å². The number of rotatable bonds is 4. The molecule has 7 nitrogen and oxygen atoms in total. The Morgan fingerprint density at radius 2 is 2.00 bits per heavy atom. The molecule has 1 aromatic carbocycles. The van der Waals surface area contributed by atoms with Gasteiger partial charge in [0, 0.05) is 29.8 Å². The highest BCUT2D eigenvalue weighted by atomic mass is 16.4. The minimum absolute atomic E-state index is 0.114. The molecule has 0 saturated heterocycles. The first-order chi connectivity index (χ1) is 13.6. The molecule has 0 radical (unpaired) electrons. The van der Waals surface area contributed by atoms with E-state index >= 15 is 0 Å². The number of hydrazone groups is 1. The van der Waals surface area contributed by atoms with E-state index in [0.29, 0.717) is 36.6 Å². The van der Waals surface area contributed by atoms with Gasteiger partial charge in [-0.15, -0.1) is 0 Å². The molecule has 7 heteroatoms. The second kappa shape index (κ2) is 7.73. The summed E-state index contributed by atoms with van der Waals surface area (Å²) in [7, 11) is 0. The van der Waals surface area contributed by atoms with Crippen molar-refractivity contribution in [2.24, 2.45) is 16.3 Å². The maximum atomic E-state index is 13.4. The lowest BCUT2D eigenvalue weighted by molar-refractivity contribution is 0.0957. The summed E-state index contributed by atoms with van der Waals surface area (Å²) in [4.78, 5) is 26.2. The number of aryl methyl sites for hydroxylation is 1. The number of hydrogen-bond donors (Lipinski definition) is 2. The third-order valence-corrected chi connectivity index (χ3v) is 5.16. The molecular weight excluding hydrogens is 368 g/mol. The maximum absolute atomic E-state index is 13.4. The number of anilines is 1. The molecule has 154 valence electrons. The molecule has 0 unspecified atom stereocenters. The van der Waals surface area contributed by atoms with Gasteiger partial charge in [0.05, 0.1) is 5.71 Å². The molecule has 1 heterocycles. The van der Waals surface area contributed by atoms with E-state index in [0.717, 1.165) is 22.4 Å². The third-order valence-electron chi connectivity index (χ3n) is 5.16. The lowest BCUT2D eigenvalue weighted by Crippen LogP contribution is -2.31. The molecule has 0 atom stereocenters. The number of amides is 3. The Morgan fingerprint density at radius 3 is 2.62 bits per heavy atom. The van der Waals surface area contributed by atoms with Crippen LogP contribution in [0.2, 0.25) is 0 Å². The summed E-state index contributed by atoms with van der Waals surface area (Å²) in [5.74, 6) is 0.834. The minimum atomic E-state index is -0.725. The quantitative estimate of drug-likeness (QED) is 0.766. The maximum Gasteiger partial charge on any atom is 0.332 e. The van der Waals surface area contributed by atoms with Crippen LogP contribution in [0.25, 0.3) is 0 Å². The van der Waals surface area contributed by atoms with Crippen LogP contribution in [0.15, 0.2) is 33.8 Å². The average molecular weight is 396 g/mol. The standard InChI is InChI=1S/C22H28N4O3/c1-6-26(15-9-7-8-13(2)10-15)20(27)19-14(3)18-16(24-25-21(23)28)11-22(4,5)12-17(18)29-19/h7-10H,6,11-12H2,1-5H3,(H3,23,25,28)/b24-16-. The van der Waals surface area contributed by atoms with Crippen molar-refractivity contribution in [1.82, 2.24) is 5.43 Å². The molecule has 0 fully saturated rings. The zero-order chi connectivity index (χ0) is 21.3. The van der Waals surface area contributed by atoms with Gasteiger partial charge in [-0.3, -0.25) is 4.79 Å². The van der Waals surface area contributed by atoms with Crippen molar-refractivity contribution >= 4 is 23.3 Å². The molecule has 0 bridgehead atoms. The van der Waals surface area contributed by atoms with Gasteiger partial charge >= 0.3 is 6.03 Å². The van der Waals surface area contributed by atoms with E-state index in [4.69, 9.17) is 10.2 Å². The predicted octanol–water partition coefficient (Wildman–Crippen LogP) is 3.91. The normalized spacial score (nSPS) is 16.4. The Labute approximate surface area is 170 Å². The first-order valence-electron chi connectivity index (χ1n) is 9.76. The van der Waals surface area contributed by atoms with Crippen molar-refractivity contribution in [2.45, 2.75) is 47.5 Å². The first kappa shape index (κ1) is 20.6. The molecule has 3 N–H and O–H groups in total. The van der Waals surface area contributed by atoms with Gasteiger partial charge in [-0.2, -0.15) is 5.10 Å². The second-order valence-corrected chi connectivity index (χ2v) is 8.30. The number of furan rings is 1. The molecule has 0 spiro atoms. The van der Waals surface area contributed by atoms with Crippen LogP contribution in [0.4, 0.5) is 10.5 Å². The first-order valence-corrected chi connectivity index (χ1v) is 9.76. The second-order valence-electron chi connectivity index (χ2n) is 8.30. The van der Waals surface area contributed by atoms with Crippen LogP contribution in [0.5, 0.6) is 0 Å². The molecule has 1 aromatic heterocycles. The van der Waals surface area contributed by atoms with E-state index in [1.165, 1.54) is 0 Å². The average Bonchev–Trinajstić information content (AvgIpc) is 2.95. The highest BCUT2D eigenvalue weighted by Crippen LogP contribution is 2.39. The molecular formula is C22H28N4O3. The lowest BCUT2D eigenvalue weighted by atomic mass is 9.75. The van der Waals surface area contributed by atoms with Crippen LogP contribution in [-0.2, 0) is 6.42 Å². The van der Waals surface area contributed by atoms with E-state index in [-0.39, 0.29) is 11.3 Å². The Hall–Kier alpha value is -3.09. The molecule has 0 aliphatic heterocycles. The molecule has 1 aliphatic carbocycles. The number of benzene rings is 1. The van der Waals surface area contributed by atoms with Crippen LogP contribution in [0.1, 0.15) is 60.2 Å². The van der Waals surface area contributed by atoms with E-state index in [9.17, 15) is 9.59 Å². The molecule has 29 heavy (non-hydrogen) atoms. The summed E-state index contributed by atoms with van der Waals surface area (Å²) < 4.78 is 6.09. The number of carbonyl (C=O) groups is 2. The summed E-state index contributed by atoms with van der Waals surface area (Å²) in [5, 5.41) is 4.20. The monoisotopic (exact) mass is 396 g/mol. The molecule has 1 aliphatic rings. The number of carbonyl (C=O) groups excluding carboxylic acids is 2. The van der Waals surface area contributed by atoms with E-state index in [2.05, 4.69) is 24.4 Å². The number of primary amides is 1. The number of nitrogens with two attached hydrogens (primary N) is 1. The van der Waals surface area contributed by atoms with E-state index in [1.54, 1.807) is 4.90 Å². The topological polar surface area (TPSA) is 101 Å². The van der Waals surface area contributed by atoms with Gasteiger partial charge in [0.1, 0.15) is 5.76 Å². The van der Waals surface area contributed by atoms with Crippen LogP contribution in [-0.4, -0.2) is 24.2 Å². The number of urea groups is 1. The van der Waals surface area contributed by atoms with Gasteiger partial charge in [-0.1, -0.05) is 26.0 Å². The van der Waals surface area contributed by atoms with Crippen LogP contribution < -0.4 is 16.1 Å². The summed E-state index contributed by atoms with van der Waals surface area (Å²) in [6, 6.07) is 7.10. The van der Waals surface area contributed by atoms with Crippen molar-refractivity contribution in [3.63, 3.8) is 0 Å². The third kappa shape index (κ3) is 4.18. The van der Waals surface area contributed by atoms with Gasteiger partial charge in [0.25, 0.3) is 5.91 Å². The largest absolute Gasteiger partial charge is 0.455 e. The smallest absolute Gasteiger partial charge is 0.332 e.